The largest absolute Gasteiger partial charge is 0.310 e. The first-order valence-electron chi connectivity index (χ1n) is 14.3. The number of hydrogen-bond donors (Lipinski definition) is 0. The minimum Gasteiger partial charge on any atom is -0.310 e. The van der Waals surface area contributed by atoms with Crippen LogP contribution >= 0.6 is 0 Å². The summed E-state index contributed by atoms with van der Waals surface area (Å²) in [5, 5.41) is 2.54. The highest BCUT2D eigenvalue weighted by Gasteiger charge is 2.19. The summed E-state index contributed by atoms with van der Waals surface area (Å²) in [5.41, 5.74) is 10.9. The summed E-state index contributed by atoms with van der Waals surface area (Å²) in [6, 6.07) is 54.5. The first kappa shape index (κ1) is 24.9. The van der Waals surface area contributed by atoms with E-state index < -0.39 is 0 Å². The van der Waals surface area contributed by atoms with Gasteiger partial charge in [-0.05, 0) is 89.3 Å². The number of anilines is 3. The molecule has 0 aliphatic carbocycles. The highest BCUT2D eigenvalue weighted by Crippen LogP contribution is 2.41. The predicted octanol–water partition coefficient (Wildman–Crippen LogP) is 11.0. The molecule has 0 aliphatic rings. The highest BCUT2D eigenvalue weighted by molar-refractivity contribution is 6.10. The minimum absolute atomic E-state index is 0.351. The van der Waals surface area contributed by atoms with E-state index in [9.17, 15) is 0 Å². The molecule has 0 N–H and O–H groups in total. The Morgan fingerprint density at radius 3 is 1.68 bits per heavy atom. The lowest BCUT2D eigenvalue weighted by molar-refractivity contribution is 0.865. The second-order valence-electron chi connectivity index (χ2n) is 10.9. The molecule has 0 saturated heterocycles. The Labute approximate surface area is 241 Å². The molecule has 0 aliphatic heterocycles. The van der Waals surface area contributed by atoms with Gasteiger partial charge in [-0.2, -0.15) is 0 Å². The molecule has 0 bridgehead atoms. The Bertz CT molecular complexity index is 1910. The summed E-state index contributed by atoms with van der Waals surface area (Å²) in [6.45, 7) is 4.57. The van der Waals surface area contributed by atoms with E-state index in [-0.39, 0.29) is 0 Å². The fourth-order valence-electron chi connectivity index (χ4n) is 5.99. The molecule has 41 heavy (non-hydrogen) atoms. The molecule has 7 rings (SSSR count). The molecular formula is C39H32N2. The molecule has 0 radical (unpaired) electrons. The summed E-state index contributed by atoms with van der Waals surface area (Å²) in [5.74, 6) is 0.351. The summed E-state index contributed by atoms with van der Waals surface area (Å²) >= 11 is 0. The third kappa shape index (κ3) is 4.48. The molecule has 2 nitrogen and oxygen atoms in total. The van der Waals surface area contributed by atoms with Crippen LogP contribution in [0, 0.1) is 0 Å². The van der Waals surface area contributed by atoms with Gasteiger partial charge in [0.1, 0.15) is 0 Å². The molecule has 1 heterocycles. The van der Waals surface area contributed by atoms with E-state index >= 15 is 0 Å². The van der Waals surface area contributed by atoms with Gasteiger partial charge in [-0.1, -0.05) is 98.8 Å². The maximum atomic E-state index is 2.39. The smallest absolute Gasteiger partial charge is 0.0541 e. The van der Waals surface area contributed by atoms with Gasteiger partial charge in [0.25, 0.3) is 0 Å². The number of aromatic nitrogens is 1. The number of rotatable bonds is 6. The zero-order chi connectivity index (χ0) is 27.8. The molecule has 0 spiro atoms. The number of fused-ring (bicyclic) bond motifs is 3. The van der Waals surface area contributed by atoms with E-state index in [0.717, 1.165) is 11.4 Å². The van der Waals surface area contributed by atoms with E-state index in [1.807, 2.05) is 0 Å². The van der Waals surface area contributed by atoms with Crippen LogP contribution in [-0.2, 0) is 0 Å². The van der Waals surface area contributed by atoms with E-state index in [0.29, 0.717) is 5.92 Å². The van der Waals surface area contributed by atoms with Crippen molar-refractivity contribution in [3.8, 4) is 16.8 Å². The van der Waals surface area contributed by atoms with Crippen molar-refractivity contribution in [3.63, 3.8) is 0 Å². The van der Waals surface area contributed by atoms with Crippen molar-refractivity contribution in [3.05, 3.63) is 157 Å². The van der Waals surface area contributed by atoms with Crippen molar-refractivity contribution in [2.24, 2.45) is 0 Å². The maximum Gasteiger partial charge on any atom is 0.0541 e. The summed E-state index contributed by atoms with van der Waals surface area (Å²) < 4.78 is 2.37. The van der Waals surface area contributed by atoms with Crippen LogP contribution in [0.4, 0.5) is 17.1 Å². The number of benzene rings is 6. The Morgan fingerprint density at radius 1 is 0.488 bits per heavy atom. The van der Waals surface area contributed by atoms with E-state index in [1.54, 1.807) is 0 Å². The first-order chi connectivity index (χ1) is 20.2. The molecule has 7 aromatic rings. The predicted molar refractivity (Wildman–Crippen MR) is 175 cm³/mol. The lowest BCUT2D eigenvalue weighted by Gasteiger charge is -2.29. The van der Waals surface area contributed by atoms with Crippen molar-refractivity contribution in [2.45, 2.75) is 19.8 Å². The van der Waals surface area contributed by atoms with Crippen molar-refractivity contribution >= 4 is 38.9 Å². The maximum absolute atomic E-state index is 2.39. The zero-order valence-corrected chi connectivity index (χ0v) is 23.4. The Balaban J connectivity index is 1.39. The first-order valence-corrected chi connectivity index (χ1v) is 14.3. The van der Waals surface area contributed by atoms with Crippen LogP contribution in [0.25, 0.3) is 38.6 Å². The fraction of sp³-hybridized carbons (Fsp3) is 0.0769. The van der Waals surface area contributed by atoms with Crippen molar-refractivity contribution in [1.29, 1.82) is 0 Å². The third-order valence-corrected chi connectivity index (χ3v) is 7.94. The molecule has 6 aromatic carbocycles. The van der Waals surface area contributed by atoms with Gasteiger partial charge in [0.15, 0.2) is 0 Å². The Kier molecular flexibility index (Phi) is 6.37. The normalized spacial score (nSPS) is 11.4. The molecule has 1 aromatic heterocycles. The van der Waals surface area contributed by atoms with Gasteiger partial charge >= 0.3 is 0 Å². The average Bonchev–Trinajstić information content (AvgIpc) is 3.36. The van der Waals surface area contributed by atoms with Crippen LogP contribution in [0.2, 0.25) is 0 Å². The monoisotopic (exact) mass is 528 g/mol. The van der Waals surface area contributed by atoms with Crippen molar-refractivity contribution in [1.82, 2.24) is 4.57 Å². The SMILES string of the molecule is CC(C)c1cc(-c2ccc3c(c2)c2ccccc2n3-c2ccccc2)ccc1N(c1ccccc1)c1ccccc1. The molecule has 0 saturated carbocycles. The lowest BCUT2D eigenvalue weighted by atomic mass is 9.94. The summed E-state index contributed by atoms with van der Waals surface area (Å²) in [4.78, 5) is 2.37. The fourth-order valence-corrected chi connectivity index (χ4v) is 5.99. The van der Waals surface area contributed by atoms with Crippen molar-refractivity contribution in [2.75, 3.05) is 4.90 Å². The second kappa shape index (κ2) is 10.5. The Morgan fingerprint density at radius 2 is 1.02 bits per heavy atom. The second-order valence-corrected chi connectivity index (χ2v) is 10.9. The van der Waals surface area contributed by atoms with Gasteiger partial charge in [0.2, 0.25) is 0 Å². The number of hydrogen-bond acceptors (Lipinski definition) is 1. The van der Waals surface area contributed by atoms with Gasteiger partial charge < -0.3 is 9.47 Å². The molecule has 0 amide bonds. The van der Waals surface area contributed by atoms with Crippen LogP contribution < -0.4 is 4.90 Å². The van der Waals surface area contributed by atoms with Crippen LogP contribution in [0.15, 0.2) is 152 Å². The number of para-hydroxylation sites is 4. The minimum atomic E-state index is 0.351. The average molecular weight is 529 g/mol. The van der Waals surface area contributed by atoms with E-state index in [1.165, 1.54) is 49.9 Å². The van der Waals surface area contributed by atoms with Gasteiger partial charge in [0.05, 0.1) is 11.0 Å². The van der Waals surface area contributed by atoms with Gasteiger partial charge in [-0.15, -0.1) is 0 Å². The topological polar surface area (TPSA) is 8.17 Å². The zero-order valence-electron chi connectivity index (χ0n) is 23.4. The van der Waals surface area contributed by atoms with Gasteiger partial charge in [-0.3, -0.25) is 0 Å². The molecular weight excluding hydrogens is 496 g/mol. The van der Waals surface area contributed by atoms with E-state index in [2.05, 4.69) is 175 Å². The highest BCUT2D eigenvalue weighted by atomic mass is 15.1. The molecule has 198 valence electrons. The molecule has 0 fully saturated rings. The summed E-state index contributed by atoms with van der Waals surface area (Å²) in [6.07, 6.45) is 0. The Hall–Kier alpha value is -5.08. The molecule has 0 atom stereocenters. The van der Waals surface area contributed by atoms with Gasteiger partial charge in [0, 0.05) is 33.5 Å². The van der Waals surface area contributed by atoms with Crippen LogP contribution in [0.1, 0.15) is 25.3 Å². The molecule has 0 unspecified atom stereocenters. The van der Waals surface area contributed by atoms with Gasteiger partial charge in [-0.25, -0.2) is 0 Å². The van der Waals surface area contributed by atoms with Crippen LogP contribution in [-0.4, -0.2) is 4.57 Å². The quantitative estimate of drug-likeness (QED) is 0.208. The lowest BCUT2D eigenvalue weighted by Crippen LogP contribution is -2.12. The van der Waals surface area contributed by atoms with Crippen molar-refractivity contribution < 1.29 is 0 Å². The van der Waals surface area contributed by atoms with E-state index in [4.69, 9.17) is 0 Å². The van der Waals surface area contributed by atoms with Crippen LogP contribution in [0.5, 0.6) is 0 Å². The third-order valence-electron chi connectivity index (χ3n) is 7.94. The number of nitrogens with zero attached hydrogens (tertiary/aromatic N) is 2. The van der Waals surface area contributed by atoms with Crippen LogP contribution in [0.3, 0.4) is 0 Å². The standard InChI is InChI=1S/C39H32N2/c1-28(2)35-26-29(22-24-38(35)40(31-14-6-3-7-15-31)32-16-8-4-9-17-32)30-23-25-39-36(27-30)34-20-12-13-21-37(34)41(39)33-18-10-5-11-19-33/h3-28H,1-2H3. The summed E-state index contributed by atoms with van der Waals surface area (Å²) in [7, 11) is 0. The molecule has 2 heteroatoms.